The Morgan fingerprint density at radius 2 is 2.24 bits per heavy atom. The van der Waals surface area contributed by atoms with Gasteiger partial charge in [-0.05, 0) is 41.1 Å². The molecule has 0 aliphatic heterocycles. The van der Waals surface area contributed by atoms with Crippen molar-refractivity contribution >= 4 is 39.1 Å². The monoisotopic (exact) mass is 355 g/mol. The molecule has 1 aromatic heterocycles. The molecule has 110 valence electrons. The molecule has 1 aromatic carbocycles. The maximum absolute atomic E-state index is 13.5. The molecule has 1 heterocycles. The highest BCUT2D eigenvalue weighted by atomic mass is 79.9. The summed E-state index contributed by atoms with van der Waals surface area (Å²) in [6.07, 6.45) is 1.10. The van der Waals surface area contributed by atoms with E-state index in [9.17, 15) is 14.5 Å². The zero-order valence-corrected chi connectivity index (χ0v) is 12.5. The molecule has 21 heavy (non-hydrogen) atoms. The van der Waals surface area contributed by atoms with Gasteiger partial charge in [0.25, 0.3) is 0 Å². The van der Waals surface area contributed by atoms with E-state index in [0.29, 0.717) is 16.7 Å². The molecule has 0 saturated carbocycles. The van der Waals surface area contributed by atoms with E-state index in [0.717, 1.165) is 6.20 Å². The first-order valence-corrected chi connectivity index (χ1v) is 6.78. The molecular weight excluding hydrogens is 345 g/mol. The molecule has 0 fully saturated rings. The van der Waals surface area contributed by atoms with Gasteiger partial charge in [-0.15, -0.1) is 0 Å². The normalized spacial score (nSPS) is 10.2. The highest BCUT2D eigenvalue weighted by Gasteiger charge is 2.17. The number of nitro groups is 1. The molecule has 7 nitrogen and oxygen atoms in total. The maximum Gasteiger partial charge on any atom is 0.329 e. The molecule has 2 N–H and O–H groups in total. The number of aromatic nitrogens is 2. The lowest BCUT2D eigenvalue weighted by Crippen LogP contribution is -2.06. The van der Waals surface area contributed by atoms with Gasteiger partial charge < -0.3 is 10.6 Å². The summed E-state index contributed by atoms with van der Waals surface area (Å²) in [7, 11) is 0. The van der Waals surface area contributed by atoms with E-state index in [1.807, 2.05) is 6.92 Å². The lowest BCUT2D eigenvalue weighted by Gasteiger charge is -2.08. The minimum absolute atomic E-state index is 0.00678. The van der Waals surface area contributed by atoms with Crippen LogP contribution in [0.15, 0.2) is 28.9 Å². The molecule has 2 rings (SSSR count). The fourth-order valence-electron chi connectivity index (χ4n) is 1.55. The number of nitrogens with one attached hydrogen (secondary N) is 2. The molecule has 0 saturated heterocycles. The fourth-order valence-corrected chi connectivity index (χ4v) is 1.80. The van der Waals surface area contributed by atoms with Gasteiger partial charge in [0.1, 0.15) is 12.0 Å². The van der Waals surface area contributed by atoms with Crippen LogP contribution in [0.25, 0.3) is 0 Å². The van der Waals surface area contributed by atoms with Crippen LogP contribution in [0.5, 0.6) is 0 Å². The summed E-state index contributed by atoms with van der Waals surface area (Å²) in [5.41, 5.74) is 0.0555. The van der Waals surface area contributed by atoms with Gasteiger partial charge in [-0.25, -0.2) is 9.37 Å². The average molecular weight is 356 g/mol. The number of hydrogen-bond donors (Lipinski definition) is 2. The number of hydrogen-bond acceptors (Lipinski definition) is 6. The summed E-state index contributed by atoms with van der Waals surface area (Å²) in [4.78, 5) is 18.2. The molecule has 0 radical (unpaired) electrons. The number of anilines is 3. The largest absolute Gasteiger partial charge is 0.354 e. The van der Waals surface area contributed by atoms with E-state index >= 15 is 0 Å². The maximum atomic E-state index is 13.5. The SMILES string of the molecule is CCNc1ncc([N+](=O)[O-])c(Nc2ccc(Br)c(F)c2)n1. The number of nitrogens with zero attached hydrogens (tertiary/aromatic N) is 3. The Kier molecular flexibility index (Phi) is 4.63. The van der Waals surface area contributed by atoms with Gasteiger partial charge in [0.2, 0.25) is 11.8 Å². The van der Waals surface area contributed by atoms with Crippen LogP contribution in [0.3, 0.4) is 0 Å². The Hall–Kier alpha value is -2.29. The van der Waals surface area contributed by atoms with Crippen molar-refractivity contribution in [2.24, 2.45) is 0 Å². The summed E-state index contributed by atoms with van der Waals surface area (Å²) in [5.74, 6) is -0.237. The molecule has 0 spiro atoms. The third-order valence-electron chi connectivity index (χ3n) is 2.48. The van der Waals surface area contributed by atoms with Crippen LogP contribution in [0.2, 0.25) is 0 Å². The van der Waals surface area contributed by atoms with Crippen LogP contribution >= 0.6 is 15.9 Å². The van der Waals surface area contributed by atoms with Crippen LogP contribution < -0.4 is 10.6 Å². The van der Waals surface area contributed by atoms with Gasteiger partial charge in [0.05, 0.1) is 9.40 Å². The van der Waals surface area contributed by atoms with Crippen LogP contribution in [0.4, 0.5) is 27.5 Å². The first-order chi connectivity index (χ1) is 10.0. The van der Waals surface area contributed by atoms with E-state index in [1.54, 1.807) is 6.07 Å². The van der Waals surface area contributed by atoms with Crippen LogP contribution in [-0.2, 0) is 0 Å². The highest BCUT2D eigenvalue weighted by Crippen LogP contribution is 2.27. The lowest BCUT2D eigenvalue weighted by molar-refractivity contribution is -0.384. The third-order valence-corrected chi connectivity index (χ3v) is 3.13. The molecule has 0 aliphatic rings. The van der Waals surface area contributed by atoms with Gasteiger partial charge in [0, 0.05) is 12.2 Å². The van der Waals surface area contributed by atoms with Gasteiger partial charge in [-0.3, -0.25) is 10.1 Å². The Bertz CT molecular complexity index is 683. The summed E-state index contributed by atoms with van der Waals surface area (Å²) in [5, 5.41) is 16.6. The first kappa shape index (κ1) is 15.1. The van der Waals surface area contributed by atoms with Crippen molar-refractivity contribution in [3.63, 3.8) is 0 Å². The van der Waals surface area contributed by atoms with Crippen LogP contribution in [0.1, 0.15) is 6.92 Å². The topological polar surface area (TPSA) is 93.0 Å². The minimum atomic E-state index is -0.604. The van der Waals surface area contributed by atoms with E-state index < -0.39 is 10.7 Å². The Morgan fingerprint density at radius 3 is 2.86 bits per heavy atom. The number of halogens is 2. The molecule has 2 aromatic rings. The van der Waals surface area contributed by atoms with Crippen molar-refractivity contribution in [1.29, 1.82) is 0 Å². The van der Waals surface area contributed by atoms with Crippen molar-refractivity contribution in [2.75, 3.05) is 17.2 Å². The minimum Gasteiger partial charge on any atom is -0.354 e. The molecule has 0 aliphatic carbocycles. The number of benzene rings is 1. The quantitative estimate of drug-likeness (QED) is 0.630. The number of rotatable bonds is 5. The van der Waals surface area contributed by atoms with Crippen LogP contribution in [0, 0.1) is 15.9 Å². The van der Waals surface area contributed by atoms with Crippen molar-refractivity contribution in [3.05, 3.63) is 44.8 Å². The predicted molar refractivity (Wildman–Crippen MR) is 80.2 cm³/mol. The summed E-state index contributed by atoms with van der Waals surface area (Å²) in [6.45, 7) is 2.42. The molecular formula is C12H11BrFN5O2. The Morgan fingerprint density at radius 1 is 1.48 bits per heavy atom. The van der Waals surface area contributed by atoms with Gasteiger partial charge in [-0.2, -0.15) is 4.98 Å². The zero-order chi connectivity index (χ0) is 15.4. The molecule has 0 bridgehead atoms. The van der Waals surface area contributed by atoms with Gasteiger partial charge in [-0.1, -0.05) is 0 Å². The average Bonchev–Trinajstić information content (AvgIpc) is 2.43. The van der Waals surface area contributed by atoms with E-state index in [-0.39, 0.29) is 17.5 Å². The van der Waals surface area contributed by atoms with E-state index in [4.69, 9.17) is 0 Å². The first-order valence-electron chi connectivity index (χ1n) is 5.98. The van der Waals surface area contributed by atoms with Crippen LogP contribution in [-0.4, -0.2) is 21.4 Å². The Labute approximate surface area is 127 Å². The standard InChI is InChI=1S/C12H11BrFN5O2/c1-2-15-12-16-6-10(19(20)21)11(18-12)17-7-3-4-8(13)9(14)5-7/h3-6H,2H2,1H3,(H2,15,16,17,18). The van der Waals surface area contributed by atoms with Gasteiger partial charge in [0.15, 0.2) is 0 Å². The van der Waals surface area contributed by atoms with Gasteiger partial charge >= 0.3 is 5.69 Å². The van der Waals surface area contributed by atoms with Crippen molar-refractivity contribution < 1.29 is 9.31 Å². The molecule has 9 heteroatoms. The lowest BCUT2D eigenvalue weighted by atomic mass is 10.3. The third kappa shape index (κ3) is 3.63. The predicted octanol–water partition coefficient (Wildman–Crippen LogP) is 3.46. The van der Waals surface area contributed by atoms with Crippen molar-refractivity contribution in [1.82, 2.24) is 9.97 Å². The van der Waals surface area contributed by atoms with Crippen molar-refractivity contribution in [2.45, 2.75) is 6.92 Å². The zero-order valence-electron chi connectivity index (χ0n) is 10.9. The fraction of sp³-hybridized carbons (Fsp3) is 0.167. The van der Waals surface area contributed by atoms with E-state index in [2.05, 4.69) is 36.5 Å². The summed E-state index contributed by atoms with van der Waals surface area (Å²) < 4.78 is 13.8. The smallest absolute Gasteiger partial charge is 0.329 e. The summed E-state index contributed by atoms with van der Waals surface area (Å²) >= 11 is 3.04. The molecule has 0 amide bonds. The second-order valence-corrected chi connectivity index (χ2v) is 4.82. The second kappa shape index (κ2) is 6.44. The van der Waals surface area contributed by atoms with Crippen molar-refractivity contribution in [3.8, 4) is 0 Å². The molecule has 0 atom stereocenters. The molecule has 0 unspecified atom stereocenters. The Balaban J connectivity index is 2.37. The highest BCUT2D eigenvalue weighted by molar-refractivity contribution is 9.10. The van der Waals surface area contributed by atoms with E-state index in [1.165, 1.54) is 12.1 Å². The second-order valence-electron chi connectivity index (χ2n) is 3.97. The summed E-state index contributed by atoms with van der Waals surface area (Å²) in [6, 6.07) is 4.28.